The van der Waals surface area contributed by atoms with Crippen LogP contribution in [0.5, 0.6) is 11.5 Å². The third-order valence-corrected chi connectivity index (χ3v) is 3.11. The van der Waals surface area contributed by atoms with Gasteiger partial charge in [-0.1, -0.05) is 0 Å². The highest BCUT2D eigenvalue weighted by Crippen LogP contribution is 2.35. The Bertz CT molecular complexity index is 661. The maximum atomic E-state index is 11.0. The second kappa shape index (κ2) is 5.24. The molecule has 0 spiro atoms. The average Bonchev–Trinajstić information content (AvgIpc) is 2.80. The highest BCUT2D eigenvalue weighted by atomic mass is 16.5. The molecule has 0 radical (unpaired) electrons. The monoisotopic (exact) mass is 276 g/mol. The van der Waals surface area contributed by atoms with Gasteiger partial charge in [0.15, 0.2) is 17.2 Å². The molecule has 20 heavy (non-hydrogen) atoms. The molecule has 2 aromatic rings. The van der Waals surface area contributed by atoms with Gasteiger partial charge in [-0.2, -0.15) is 5.10 Å². The van der Waals surface area contributed by atoms with E-state index in [2.05, 4.69) is 5.10 Å². The first-order chi connectivity index (χ1) is 9.47. The van der Waals surface area contributed by atoms with Gasteiger partial charge >= 0.3 is 5.97 Å². The molecule has 1 heterocycles. The summed E-state index contributed by atoms with van der Waals surface area (Å²) in [7, 11) is 4.84. The number of aromatic carboxylic acids is 1. The van der Waals surface area contributed by atoms with Crippen LogP contribution in [0.25, 0.3) is 11.3 Å². The minimum Gasteiger partial charge on any atom is -0.493 e. The number of carboxylic acids is 1. The Morgan fingerprint density at radius 3 is 2.30 bits per heavy atom. The minimum atomic E-state index is -1.05. The van der Waals surface area contributed by atoms with E-state index in [9.17, 15) is 4.79 Å². The molecule has 1 N–H and O–H groups in total. The first kappa shape index (κ1) is 13.9. The fraction of sp³-hybridized carbons (Fsp3) is 0.286. The Morgan fingerprint density at radius 2 is 1.80 bits per heavy atom. The van der Waals surface area contributed by atoms with E-state index in [4.69, 9.17) is 14.6 Å². The van der Waals surface area contributed by atoms with Crippen molar-refractivity contribution >= 4 is 5.97 Å². The minimum absolute atomic E-state index is 0.0108. The van der Waals surface area contributed by atoms with Crippen molar-refractivity contribution in [1.29, 1.82) is 0 Å². The van der Waals surface area contributed by atoms with Crippen LogP contribution in [0.1, 0.15) is 16.1 Å². The van der Waals surface area contributed by atoms with Gasteiger partial charge in [0.05, 0.1) is 19.9 Å². The molecule has 1 aromatic carbocycles. The summed E-state index contributed by atoms with van der Waals surface area (Å²) in [5.74, 6) is 0.172. The van der Waals surface area contributed by atoms with Crippen LogP contribution in [-0.4, -0.2) is 35.1 Å². The molecular formula is C14H16N2O4. The van der Waals surface area contributed by atoms with Crippen molar-refractivity contribution in [2.45, 2.75) is 6.92 Å². The molecule has 1 aromatic heterocycles. The first-order valence-corrected chi connectivity index (χ1v) is 5.98. The average molecular weight is 276 g/mol. The summed E-state index contributed by atoms with van der Waals surface area (Å²) in [6, 6.07) is 5.20. The number of methoxy groups -OCH3 is 2. The van der Waals surface area contributed by atoms with E-state index in [1.54, 1.807) is 21.3 Å². The van der Waals surface area contributed by atoms with Crippen LogP contribution in [0.15, 0.2) is 18.2 Å². The Balaban J connectivity index is 2.60. The van der Waals surface area contributed by atoms with Gasteiger partial charge in [0, 0.05) is 12.6 Å². The third kappa shape index (κ3) is 2.32. The summed E-state index contributed by atoms with van der Waals surface area (Å²) in [4.78, 5) is 11.0. The second-order valence-corrected chi connectivity index (χ2v) is 4.37. The van der Waals surface area contributed by atoms with Crippen molar-refractivity contribution in [2.75, 3.05) is 14.2 Å². The van der Waals surface area contributed by atoms with Gasteiger partial charge < -0.3 is 14.6 Å². The summed E-state index contributed by atoms with van der Waals surface area (Å²) in [5, 5.41) is 13.0. The first-order valence-electron chi connectivity index (χ1n) is 5.98. The lowest BCUT2D eigenvalue weighted by atomic mass is 10.0. The van der Waals surface area contributed by atoms with Gasteiger partial charge in [-0.3, -0.25) is 4.68 Å². The summed E-state index contributed by atoms with van der Waals surface area (Å²) < 4.78 is 12.1. The summed E-state index contributed by atoms with van der Waals surface area (Å²) >= 11 is 0. The molecule has 0 unspecified atom stereocenters. The lowest BCUT2D eigenvalue weighted by molar-refractivity contribution is 0.0689. The summed E-state index contributed by atoms with van der Waals surface area (Å²) in [6.45, 7) is 1.92. The lowest BCUT2D eigenvalue weighted by Crippen LogP contribution is -2.00. The lowest BCUT2D eigenvalue weighted by Gasteiger charge is -2.12. The number of aryl methyl sites for hydroxylation is 2. The molecule has 6 nitrogen and oxygen atoms in total. The predicted molar refractivity (Wildman–Crippen MR) is 73.4 cm³/mol. The Hall–Kier alpha value is -2.50. The van der Waals surface area contributed by atoms with Gasteiger partial charge in [0.1, 0.15) is 0 Å². The van der Waals surface area contributed by atoms with E-state index in [1.807, 2.05) is 19.1 Å². The molecule has 6 heteroatoms. The highest BCUT2D eigenvalue weighted by molar-refractivity contribution is 5.87. The SMILES string of the molecule is COc1cc(C)c(-c2cc(C(=O)O)nn2C)cc1OC. The normalized spacial score (nSPS) is 10.4. The van der Waals surface area contributed by atoms with Crippen LogP contribution in [0.2, 0.25) is 0 Å². The van der Waals surface area contributed by atoms with E-state index in [0.717, 1.165) is 11.1 Å². The number of ether oxygens (including phenoxy) is 2. The third-order valence-electron chi connectivity index (χ3n) is 3.11. The topological polar surface area (TPSA) is 73.6 Å². The quantitative estimate of drug-likeness (QED) is 0.925. The Kier molecular flexibility index (Phi) is 3.65. The molecule has 2 rings (SSSR count). The zero-order chi connectivity index (χ0) is 14.9. The molecule has 0 amide bonds. The zero-order valence-electron chi connectivity index (χ0n) is 11.8. The van der Waals surface area contributed by atoms with Crippen LogP contribution >= 0.6 is 0 Å². The van der Waals surface area contributed by atoms with Crippen LogP contribution in [0, 0.1) is 6.92 Å². The van der Waals surface area contributed by atoms with Crippen molar-refractivity contribution in [2.24, 2.45) is 7.05 Å². The van der Waals surface area contributed by atoms with Crippen molar-refractivity contribution in [3.63, 3.8) is 0 Å². The fourth-order valence-corrected chi connectivity index (χ4v) is 2.08. The second-order valence-electron chi connectivity index (χ2n) is 4.37. The van der Waals surface area contributed by atoms with Gasteiger partial charge in [-0.15, -0.1) is 0 Å². The zero-order valence-corrected chi connectivity index (χ0v) is 11.8. The number of carboxylic acid groups (broad SMARTS) is 1. The molecule has 0 atom stereocenters. The van der Waals surface area contributed by atoms with Gasteiger partial charge in [0.2, 0.25) is 0 Å². The van der Waals surface area contributed by atoms with Crippen LogP contribution in [0.3, 0.4) is 0 Å². The van der Waals surface area contributed by atoms with Crippen molar-refractivity contribution in [1.82, 2.24) is 9.78 Å². The van der Waals surface area contributed by atoms with E-state index < -0.39 is 5.97 Å². The highest BCUT2D eigenvalue weighted by Gasteiger charge is 2.16. The number of hydrogen-bond acceptors (Lipinski definition) is 4. The largest absolute Gasteiger partial charge is 0.493 e. The molecule has 0 fully saturated rings. The number of nitrogens with zero attached hydrogens (tertiary/aromatic N) is 2. The molecule has 0 aliphatic rings. The summed E-state index contributed by atoms with van der Waals surface area (Å²) in [6.07, 6.45) is 0. The van der Waals surface area contributed by atoms with Gasteiger partial charge in [-0.05, 0) is 30.7 Å². The maximum Gasteiger partial charge on any atom is 0.356 e. The van der Waals surface area contributed by atoms with Gasteiger partial charge in [-0.25, -0.2) is 4.79 Å². The molecule has 0 saturated carbocycles. The number of aromatic nitrogens is 2. The smallest absolute Gasteiger partial charge is 0.356 e. The van der Waals surface area contributed by atoms with Gasteiger partial charge in [0.25, 0.3) is 0 Å². The Morgan fingerprint density at radius 1 is 1.20 bits per heavy atom. The number of carbonyl (C=O) groups is 1. The number of hydrogen-bond donors (Lipinski definition) is 1. The van der Waals surface area contributed by atoms with Crippen molar-refractivity contribution < 1.29 is 19.4 Å². The number of rotatable bonds is 4. The van der Waals surface area contributed by atoms with Crippen molar-refractivity contribution in [3.05, 3.63) is 29.5 Å². The predicted octanol–water partition coefficient (Wildman–Crippen LogP) is 2.11. The molecule has 0 aliphatic carbocycles. The molecule has 106 valence electrons. The van der Waals surface area contributed by atoms with E-state index in [-0.39, 0.29) is 5.69 Å². The molecular weight excluding hydrogens is 260 g/mol. The van der Waals surface area contributed by atoms with Crippen LogP contribution in [0.4, 0.5) is 0 Å². The fourth-order valence-electron chi connectivity index (χ4n) is 2.08. The summed E-state index contributed by atoms with van der Waals surface area (Å²) in [5.41, 5.74) is 2.52. The molecule has 0 aliphatic heterocycles. The van der Waals surface area contributed by atoms with Crippen LogP contribution in [-0.2, 0) is 7.05 Å². The Labute approximate surface area is 116 Å². The molecule has 0 saturated heterocycles. The maximum absolute atomic E-state index is 11.0. The van der Waals surface area contributed by atoms with Crippen LogP contribution < -0.4 is 9.47 Å². The molecule has 0 bridgehead atoms. The van der Waals surface area contributed by atoms with E-state index >= 15 is 0 Å². The van der Waals surface area contributed by atoms with E-state index in [0.29, 0.717) is 17.2 Å². The van der Waals surface area contributed by atoms with Crippen molar-refractivity contribution in [3.8, 4) is 22.8 Å². The standard InChI is InChI=1S/C14H16N2O4/c1-8-5-12(19-3)13(20-4)6-9(8)11-7-10(14(17)18)15-16(11)2/h5-7H,1-4H3,(H,17,18). The number of benzene rings is 1. The van der Waals surface area contributed by atoms with E-state index in [1.165, 1.54) is 10.7 Å².